The van der Waals surface area contributed by atoms with Crippen LogP contribution in [0, 0.1) is 11.3 Å². The molecule has 2 N–H and O–H groups in total. The van der Waals surface area contributed by atoms with Crippen LogP contribution in [0.15, 0.2) is 0 Å². The Balaban J connectivity index is 1.68. The van der Waals surface area contributed by atoms with Crippen molar-refractivity contribution in [3.05, 3.63) is 0 Å². The molecule has 0 aromatic heterocycles. The Hall–Kier alpha value is -1.71. The molecular formula is C23H40N4O5. The summed E-state index contributed by atoms with van der Waals surface area (Å²) in [6, 6.07) is -1.67. The fourth-order valence-corrected chi connectivity index (χ4v) is 4.37. The first-order valence-corrected chi connectivity index (χ1v) is 12.0. The van der Waals surface area contributed by atoms with Gasteiger partial charge in [0.15, 0.2) is 5.78 Å². The van der Waals surface area contributed by atoms with E-state index in [-0.39, 0.29) is 35.8 Å². The minimum absolute atomic E-state index is 0.0196. The lowest BCUT2D eigenvalue weighted by molar-refractivity contribution is -0.128. The summed E-state index contributed by atoms with van der Waals surface area (Å²) in [6.45, 7) is 13.1. The van der Waals surface area contributed by atoms with Crippen LogP contribution in [0.25, 0.3) is 0 Å². The van der Waals surface area contributed by atoms with Crippen LogP contribution < -0.4 is 10.6 Å². The summed E-state index contributed by atoms with van der Waals surface area (Å²) < 4.78 is 11.0. The van der Waals surface area contributed by atoms with Crippen LogP contribution in [0.3, 0.4) is 0 Å². The van der Waals surface area contributed by atoms with Crippen LogP contribution in [-0.4, -0.2) is 98.3 Å². The number of nitrogens with one attached hydrogen (secondary N) is 2. The average molecular weight is 453 g/mol. The van der Waals surface area contributed by atoms with Crippen molar-refractivity contribution in [2.75, 3.05) is 52.5 Å². The van der Waals surface area contributed by atoms with Crippen LogP contribution in [-0.2, 0) is 19.1 Å². The van der Waals surface area contributed by atoms with E-state index in [4.69, 9.17) is 9.47 Å². The number of amides is 3. The Morgan fingerprint density at radius 2 is 1.78 bits per heavy atom. The number of carbonyl (C=O) groups excluding carboxylic acids is 3. The molecule has 3 aliphatic heterocycles. The van der Waals surface area contributed by atoms with E-state index in [1.165, 1.54) is 0 Å². The van der Waals surface area contributed by atoms with E-state index in [1.807, 2.05) is 0 Å². The van der Waals surface area contributed by atoms with Crippen molar-refractivity contribution in [3.63, 3.8) is 0 Å². The number of ether oxygens (including phenoxy) is 2. The fourth-order valence-electron chi connectivity index (χ4n) is 4.37. The van der Waals surface area contributed by atoms with E-state index in [1.54, 1.807) is 4.90 Å². The van der Waals surface area contributed by atoms with Crippen molar-refractivity contribution in [1.82, 2.24) is 20.4 Å². The fraction of sp³-hybridized carbons (Fsp3) is 0.870. The Morgan fingerprint density at radius 1 is 1.12 bits per heavy atom. The molecule has 3 heterocycles. The summed E-state index contributed by atoms with van der Waals surface area (Å²) in [5.41, 5.74) is -0.175. The lowest BCUT2D eigenvalue weighted by Crippen LogP contribution is -2.58. The molecule has 3 unspecified atom stereocenters. The van der Waals surface area contributed by atoms with Gasteiger partial charge in [0.2, 0.25) is 5.91 Å². The van der Waals surface area contributed by atoms with Gasteiger partial charge in [-0.1, -0.05) is 27.7 Å². The van der Waals surface area contributed by atoms with Gasteiger partial charge in [0.25, 0.3) is 0 Å². The average Bonchev–Trinajstić information content (AvgIpc) is 3.39. The summed E-state index contributed by atoms with van der Waals surface area (Å²) in [4.78, 5) is 42.7. The van der Waals surface area contributed by atoms with Gasteiger partial charge in [-0.25, -0.2) is 4.79 Å². The highest BCUT2D eigenvalue weighted by Crippen LogP contribution is 2.31. The molecule has 32 heavy (non-hydrogen) atoms. The second-order valence-electron chi connectivity index (χ2n) is 10.3. The highest BCUT2D eigenvalue weighted by Gasteiger charge is 2.40. The predicted molar refractivity (Wildman–Crippen MR) is 120 cm³/mol. The summed E-state index contributed by atoms with van der Waals surface area (Å²) in [7, 11) is 0. The largest absolute Gasteiger partial charge is 0.378 e. The topological polar surface area (TPSA) is 100 Å². The first-order chi connectivity index (χ1) is 15.2. The molecule has 0 aromatic rings. The number of nitrogens with zero attached hydrogens (tertiary/aromatic N) is 2. The van der Waals surface area contributed by atoms with Gasteiger partial charge < -0.3 is 29.9 Å². The van der Waals surface area contributed by atoms with Crippen LogP contribution in [0.2, 0.25) is 0 Å². The third-order valence-corrected chi connectivity index (χ3v) is 7.30. The third-order valence-electron chi connectivity index (χ3n) is 7.30. The summed E-state index contributed by atoms with van der Waals surface area (Å²) >= 11 is 0. The van der Waals surface area contributed by atoms with Gasteiger partial charge >= 0.3 is 6.03 Å². The van der Waals surface area contributed by atoms with Crippen LogP contribution >= 0.6 is 0 Å². The number of rotatable bonds is 8. The maximum Gasteiger partial charge on any atom is 0.318 e. The maximum absolute atomic E-state index is 13.4. The van der Waals surface area contributed by atoms with Gasteiger partial charge in [-0.2, -0.15) is 0 Å². The molecular weight excluding hydrogens is 412 g/mol. The number of hydrogen-bond donors (Lipinski definition) is 2. The van der Waals surface area contributed by atoms with Gasteiger partial charge in [0.1, 0.15) is 18.7 Å². The number of ketones is 1. The van der Waals surface area contributed by atoms with Crippen molar-refractivity contribution in [3.8, 4) is 0 Å². The SMILES string of the molecule is CC(C)C(C)(C)CC(NC(=O)N1CCOCC1)C(=O)NC1C(=O)COC1CN1CCCC1. The zero-order chi connectivity index (χ0) is 23.3. The lowest BCUT2D eigenvalue weighted by Gasteiger charge is -2.35. The highest BCUT2D eigenvalue weighted by atomic mass is 16.5. The number of hydrogen-bond acceptors (Lipinski definition) is 6. The van der Waals surface area contributed by atoms with Crippen molar-refractivity contribution in [2.24, 2.45) is 11.3 Å². The van der Waals surface area contributed by atoms with E-state index >= 15 is 0 Å². The van der Waals surface area contributed by atoms with Gasteiger partial charge in [0.05, 0.1) is 19.3 Å². The van der Waals surface area contributed by atoms with Gasteiger partial charge in [-0.05, 0) is 43.7 Å². The number of Topliss-reactive ketones (excluding diaryl/α,β-unsaturated/α-hetero) is 1. The standard InChI is InChI=1S/C23H40N4O5/c1-16(2)23(3,4)13-17(24-22(30)27-9-11-31-12-10-27)21(29)25-20-18(28)15-32-19(20)14-26-7-5-6-8-26/h16-17,19-20H,5-15H2,1-4H3,(H,24,30)(H,25,29). The van der Waals surface area contributed by atoms with Crippen molar-refractivity contribution in [2.45, 2.75) is 65.1 Å². The summed E-state index contributed by atoms with van der Waals surface area (Å²) in [5, 5.41) is 5.86. The molecule has 0 bridgehead atoms. The molecule has 9 heteroatoms. The smallest absolute Gasteiger partial charge is 0.318 e. The third kappa shape index (κ3) is 6.42. The van der Waals surface area contributed by atoms with Gasteiger partial charge in [-0.3, -0.25) is 9.59 Å². The zero-order valence-corrected chi connectivity index (χ0v) is 20.0. The van der Waals surface area contributed by atoms with Crippen molar-refractivity contribution in [1.29, 1.82) is 0 Å². The van der Waals surface area contributed by atoms with Crippen LogP contribution in [0.5, 0.6) is 0 Å². The molecule has 3 atom stereocenters. The first-order valence-electron chi connectivity index (χ1n) is 12.0. The molecule has 3 saturated heterocycles. The number of urea groups is 1. The molecule has 0 saturated carbocycles. The molecule has 0 radical (unpaired) electrons. The summed E-state index contributed by atoms with van der Waals surface area (Å²) in [5.74, 6) is -0.114. The second kappa shape index (κ2) is 10.9. The maximum atomic E-state index is 13.4. The molecule has 0 aliphatic carbocycles. The van der Waals surface area contributed by atoms with E-state index in [9.17, 15) is 14.4 Å². The van der Waals surface area contributed by atoms with Crippen molar-refractivity contribution >= 4 is 17.7 Å². The Bertz CT molecular complexity index is 671. The number of morpholine rings is 1. The molecule has 0 aromatic carbocycles. The minimum atomic E-state index is -0.733. The highest BCUT2D eigenvalue weighted by molar-refractivity contribution is 5.94. The molecule has 182 valence electrons. The quantitative estimate of drug-likeness (QED) is 0.570. The molecule has 0 spiro atoms. The van der Waals surface area contributed by atoms with E-state index in [2.05, 4.69) is 43.2 Å². The summed E-state index contributed by atoms with van der Waals surface area (Å²) in [6.07, 6.45) is 2.43. The van der Waals surface area contributed by atoms with E-state index in [0.717, 1.165) is 25.9 Å². The Labute approximate surface area is 191 Å². The van der Waals surface area contributed by atoms with Crippen LogP contribution in [0.4, 0.5) is 4.79 Å². The number of likely N-dealkylation sites (tertiary alicyclic amines) is 1. The lowest BCUT2D eigenvalue weighted by atomic mass is 9.76. The molecule has 3 rings (SSSR count). The number of carbonyl (C=O) groups is 3. The van der Waals surface area contributed by atoms with Gasteiger partial charge in [0, 0.05) is 19.6 Å². The molecule has 3 aliphatic rings. The zero-order valence-electron chi connectivity index (χ0n) is 20.0. The van der Waals surface area contributed by atoms with E-state index in [0.29, 0.717) is 45.2 Å². The predicted octanol–water partition coefficient (Wildman–Crippen LogP) is 1.02. The monoisotopic (exact) mass is 452 g/mol. The molecule has 9 nitrogen and oxygen atoms in total. The molecule has 3 amide bonds. The van der Waals surface area contributed by atoms with Crippen LogP contribution in [0.1, 0.15) is 47.0 Å². The first kappa shape index (κ1) is 24.9. The van der Waals surface area contributed by atoms with Gasteiger partial charge in [-0.15, -0.1) is 0 Å². The van der Waals surface area contributed by atoms with Crippen molar-refractivity contribution < 1.29 is 23.9 Å². The second-order valence-corrected chi connectivity index (χ2v) is 10.3. The molecule has 3 fully saturated rings. The normalized spacial score (nSPS) is 25.9. The van der Waals surface area contributed by atoms with E-state index < -0.39 is 12.1 Å². The minimum Gasteiger partial charge on any atom is -0.378 e. The Kier molecular flexibility index (Phi) is 8.52. The Morgan fingerprint density at radius 3 is 2.41 bits per heavy atom.